The van der Waals surface area contributed by atoms with Crippen molar-refractivity contribution in [3.63, 3.8) is 0 Å². The zero-order valence-electron chi connectivity index (χ0n) is 15.1. The third-order valence-electron chi connectivity index (χ3n) is 3.93. The van der Waals surface area contributed by atoms with Crippen molar-refractivity contribution in [1.29, 1.82) is 0 Å². The predicted molar refractivity (Wildman–Crippen MR) is 103 cm³/mol. The van der Waals surface area contributed by atoms with E-state index >= 15 is 0 Å². The summed E-state index contributed by atoms with van der Waals surface area (Å²) in [7, 11) is 1.63. The van der Waals surface area contributed by atoms with Gasteiger partial charge < -0.3 is 15.4 Å². The van der Waals surface area contributed by atoms with Gasteiger partial charge in [0.15, 0.2) is 5.69 Å². The van der Waals surface area contributed by atoms with Crippen molar-refractivity contribution in [2.75, 3.05) is 19.0 Å². The van der Waals surface area contributed by atoms with Gasteiger partial charge in [-0.1, -0.05) is 18.2 Å². The fourth-order valence-corrected chi connectivity index (χ4v) is 2.43. The number of pyridine rings is 1. The van der Waals surface area contributed by atoms with E-state index in [1.807, 2.05) is 42.5 Å². The fourth-order valence-electron chi connectivity index (χ4n) is 2.43. The number of ether oxygens (including phenoxy) is 1. The molecule has 0 bridgehead atoms. The van der Waals surface area contributed by atoms with Crippen molar-refractivity contribution in [3.05, 3.63) is 77.7 Å². The molecule has 0 aliphatic heterocycles. The van der Waals surface area contributed by atoms with E-state index in [4.69, 9.17) is 4.74 Å². The Morgan fingerprint density at radius 3 is 2.56 bits per heavy atom. The molecular formula is C20H21N5O2. The van der Waals surface area contributed by atoms with Gasteiger partial charge in [-0.25, -0.2) is 0 Å². The lowest BCUT2D eigenvalue weighted by Crippen LogP contribution is -2.26. The molecule has 27 heavy (non-hydrogen) atoms. The number of methoxy groups -OCH3 is 1. The lowest BCUT2D eigenvalue weighted by Gasteiger charge is -2.07. The number of anilines is 1. The first-order chi connectivity index (χ1) is 13.2. The van der Waals surface area contributed by atoms with E-state index < -0.39 is 0 Å². The monoisotopic (exact) mass is 363 g/mol. The topological polar surface area (TPSA) is 89.0 Å². The molecule has 0 spiro atoms. The van der Waals surface area contributed by atoms with E-state index in [1.54, 1.807) is 25.4 Å². The van der Waals surface area contributed by atoms with Crippen LogP contribution in [0.15, 0.2) is 60.8 Å². The van der Waals surface area contributed by atoms with Crippen LogP contribution in [0.5, 0.6) is 5.75 Å². The maximum absolute atomic E-state index is 12.2. The first kappa shape index (κ1) is 18.3. The minimum Gasteiger partial charge on any atom is -0.497 e. The minimum absolute atomic E-state index is 0.243. The van der Waals surface area contributed by atoms with Gasteiger partial charge in [0.05, 0.1) is 19.3 Å². The van der Waals surface area contributed by atoms with Crippen molar-refractivity contribution < 1.29 is 9.53 Å². The zero-order chi connectivity index (χ0) is 18.9. The summed E-state index contributed by atoms with van der Waals surface area (Å²) in [6.07, 6.45) is 2.47. The maximum Gasteiger partial charge on any atom is 0.271 e. The van der Waals surface area contributed by atoms with E-state index in [0.29, 0.717) is 18.9 Å². The molecule has 7 nitrogen and oxygen atoms in total. The first-order valence-corrected chi connectivity index (χ1v) is 8.63. The number of benzene rings is 1. The van der Waals surface area contributed by atoms with Crippen LogP contribution in [0.2, 0.25) is 0 Å². The molecule has 2 heterocycles. The van der Waals surface area contributed by atoms with Gasteiger partial charge in [-0.2, -0.15) is 0 Å². The number of carbonyl (C=O) groups is 1. The Bertz CT molecular complexity index is 852. The second kappa shape index (κ2) is 9.28. The molecule has 0 fully saturated rings. The van der Waals surface area contributed by atoms with Crippen LogP contribution >= 0.6 is 0 Å². The number of hydrogen-bond acceptors (Lipinski definition) is 6. The maximum atomic E-state index is 12.2. The highest BCUT2D eigenvalue weighted by Gasteiger charge is 2.08. The number of nitrogens with one attached hydrogen (secondary N) is 2. The molecule has 3 aromatic rings. The molecule has 2 aromatic heterocycles. The number of nitrogens with zero attached hydrogens (tertiary/aromatic N) is 3. The van der Waals surface area contributed by atoms with Gasteiger partial charge in [-0.15, -0.1) is 10.2 Å². The molecule has 1 aromatic carbocycles. The van der Waals surface area contributed by atoms with Crippen LogP contribution in [-0.4, -0.2) is 34.7 Å². The van der Waals surface area contributed by atoms with E-state index in [2.05, 4.69) is 25.8 Å². The van der Waals surface area contributed by atoms with Crippen molar-refractivity contribution in [2.45, 2.75) is 13.0 Å². The van der Waals surface area contributed by atoms with Crippen molar-refractivity contribution in [3.8, 4) is 5.75 Å². The summed E-state index contributed by atoms with van der Waals surface area (Å²) in [5.74, 6) is 1.16. The molecule has 0 radical (unpaired) electrons. The molecule has 3 rings (SSSR count). The van der Waals surface area contributed by atoms with Gasteiger partial charge in [0.2, 0.25) is 0 Å². The molecule has 1 amide bonds. The van der Waals surface area contributed by atoms with E-state index in [0.717, 1.165) is 23.4 Å². The minimum atomic E-state index is -0.243. The summed E-state index contributed by atoms with van der Waals surface area (Å²) in [4.78, 5) is 16.4. The number of carbonyl (C=O) groups excluding carboxylic acids is 1. The Morgan fingerprint density at radius 2 is 1.89 bits per heavy atom. The van der Waals surface area contributed by atoms with Gasteiger partial charge in [-0.3, -0.25) is 9.78 Å². The van der Waals surface area contributed by atoms with Crippen LogP contribution in [0.3, 0.4) is 0 Å². The molecule has 0 aliphatic carbocycles. The molecule has 138 valence electrons. The summed E-state index contributed by atoms with van der Waals surface area (Å²) in [6.45, 7) is 1.06. The average molecular weight is 363 g/mol. The highest BCUT2D eigenvalue weighted by atomic mass is 16.5. The van der Waals surface area contributed by atoms with Crippen LogP contribution in [0, 0.1) is 0 Å². The summed E-state index contributed by atoms with van der Waals surface area (Å²) in [6, 6.07) is 16.9. The number of rotatable bonds is 8. The molecular weight excluding hydrogens is 342 g/mol. The smallest absolute Gasteiger partial charge is 0.271 e. The lowest BCUT2D eigenvalue weighted by molar-refractivity contribution is 0.0948. The number of aromatic nitrogens is 3. The highest BCUT2D eigenvalue weighted by molar-refractivity contribution is 5.92. The van der Waals surface area contributed by atoms with Crippen molar-refractivity contribution >= 4 is 11.7 Å². The van der Waals surface area contributed by atoms with Crippen LogP contribution in [0.1, 0.15) is 21.7 Å². The number of amides is 1. The van der Waals surface area contributed by atoms with Crippen LogP contribution in [0.25, 0.3) is 0 Å². The molecule has 0 aliphatic rings. The summed E-state index contributed by atoms with van der Waals surface area (Å²) in [5, 5.41) is 14.0. The quantitative estimate of drug-likeness (QED) is 0.639. The molecule has 0 unspecified atom stereocenters. The molecule has 7 heteroatoms. The molecule has 0 saturated carbocycles. The first-order valence-electron chi connectivity index (χ1n) is 8.63. The summed E-state index contributed by atoms with van der Waals surface area (Å²) in [5.41, 5.74) is 2.31. The van der Waals surface area contributed by atoms with Crippen LogP contribution in [-0.2, 0) is 13.0 Å². The normalized spacial score (nSPS) is 10.3. The third-order valence-corrected chi connectivity index (χ3v) is 3.93. The van der Waals surface area contributed by atoms with Crippen LogP contribution in [0.4, 0.5) is 5.82 Å². The number of hydrogen-bond donors (Lipinski definition) is 2. The molecule has 0 atom stereocenters. The Kier molecular flexibility index (Phi) is 6.30. The second-order valence-electron chi connectivity index (χ2n) is 5.83. The Hall–Kier alpha value is -3.48. The average Bonchev–Trinajstić information content (AvgIpc) is 2.74. The van der Waals surface area contributed by atoms with Gasteiger partial charge >= 0.3 is 0 Å². The lowest BCUT2D eigenvalue weighted by atomic mass is 10.1. The molecule has 2 N–H and O–H groups in total. The van der Waals surface area contributed by atoms with Gasteiger partial charge in [0.25, 0.3) is 5.91 Å². The fraction of sp³-hybridized carbons (Fsp3) is 0.200. The Morgan fingerprint density at radius 1 is 1.04 bits per heavy atom. The van der Waals surface area contributed by atoms with E-state index in [9.17, 15) is 4.79 Å². The standard InChI is InChI=1S/C20H21N5O2/c1-27-17-7-5-15(6-8-17)11-13-22-20(26)18-9-10-19(25-24-18)23-14-16-4-2-3-12-21-16/h2-10,12H,11,13-14H2,1H3,(H,22,26)(H,23,25). The Balaban J connectivity index is 1.45. The van der Waals surface area contributed by atoms with E-state index in [1.165, 1.54) is 0 Å². The van der Waals surface area contributed by atoms with Crippen molar-refractivity contribution in [2.24, 2.45) is 0 Å². The Labute approximate surface area is 157 Å². The van der Waals surface area contributed by atoms with Gasteiger partial charge in [0, 0.05) is 12.7 Å². The predicted octanol–water partition coefficient (Wildman–Crippen LogP) is 2.46. The SMILES string of the molecule is COc1ccc(CCNC(=O)c2ccc(NCc3ccccn3)nn2)cc1. The van der Waals surface area contributed by atoms with Gasteiger partial charge in [-0.05, 0) is 48.4 Å². The highest BCUT2D eigenvalue weighted by Crippen LogP contribution is 2.11. The van der Waals surface area contributed by atoms with Crippen LogP contribution < -0.4 is 15.4 Å². The summed E-state index contributed by atoms with van der Waals surface area (Å²) >= 11 is 0. The van der Waals surface area contributed by atoms with E-state index in [-0.39, 0.29) is 11.6 Å². The largest absolute Gasteiger partial charge is 0.497 e. The molecule has 0 saturated heterocycles. The van der Waals surface area contributed by atoms with Gasteiger partial charge in [0.1, 0.15) is 11.6 Å². The second-order valence-corrected chi connectivity index (χ2v) is 5.83. The third kappa shape index (κ3) is 5.50. The summed E-state index contributed by atoms with van der Waals surface area (Å²) < 4.78 is 5.13. The van der Waals surface area contributed by atoms with Crippen molar-refractivity contribution in [1.82, 2.24) is 20.5 Å². The zero-order valence-corrected chi connectivity index (χ0v) is 15.1.